The van der Waals surface area contributed by atoms with Crippen molar-refractivity contribution < 1.29 is 23.9 Å². The van der Waals surface area contributed by atoms with Gasteiger partial charge in [-0.1, -0.05) is 45.9 Å². The fraction of sp³-hybridized carbons (Fsp3) is 0.609. The summed E-state index contributed by atoms with van der Waals surface area (Å²) in [6.45, 7) is 9.93. The monoisotopic (exact) mass is 420 g/mol. The highest BCUT2D eigenvalue weighted by Gasteiger charge is 2.27. The van der Waals surface area contributed by atoms with Crippen LogP contribution in [0.4, 0.5) is 0 Å². The lowest BCUT2D eigenvalue weighted by atomic mass is 9.98. The van der Waals surface area contributed by atoms with E-state index in [2.05, 4.69) is 10.6 Å². The quantitative estimate of drug-likeness (QED) is 0.483. The Balaban J connectivity index is 2.74. The van der Waals surface area contributed by atoms with E-state index in [9.17, 15) is 14.4 Å². The molecule has 7 nitrogen and oxygen atoms in total. The molecule has 0 bridgehead atoms. The average molecular weight is 421 g/mol. The van der Waals surface area contributed by atoms with Crippen molar-refractivity contribution in [1.82, 2.24) is 10.6 Å². The Morgan fingerprint density at radius 3 is 2.03 bits per heavy atom. The first-order valence-electron chi connectivity index (χ1n) is 10.6. The number of benzene rings is 1. The highest BCUT2D eigenvalue weighted by atomic mass is 16.5. The van der Waals surface area contributed by atoms with E-state index in [4.69, 9.17) is 9.47 Å². The molecule has 2 atom stereocenters. The number of hydrogen-bond donors (Lipinski definition) is 2. The Bertz CT molecular complexity index is 661. The fourth-order valence-corrected chi connectivity index (χ4v) is 2.92. The van der Waals surface area contributed by atoms with Gasteiger partial charge in [0.05, 0.1) is 6.04 Å². The van der Waals surface area contributed by atoms with Crippen LogP contribution in [0.25, 0.3) is 0 Å². The maximum absolute atomic E-state index is 12.9. The van der Waals surface area contributed by atoms with E-state index in [1.165, 1.54) is 0 Å². The number of ketones is 1. The first-order valence-corrected chi connectivity index (χ1v) is 10.6. The molecule has 0 aliphatic carbocycles. The molecule has 0 aliphatic heterocycles. The third-order valence-electron chi connectivity index (χ3n) is 4.33. The molecule has 2 amide bonds. The smallest absolute Gasteiger partial charge is 0.258 e. The van der Waals surface area contributed by atoms with Crippen molar-refractivity contribution in [3.63, 3.8) is 0 Å². The summed E-state index contributed by atoms with van der Waals surface area (Å²) in [7, 11) is 0. The summed E-state index contributed by atoms with van der Waals surface area (Å²) >= 11 is 0. The number of para-hydroxylation sites is 1. The van der Waals surface area contributed by atoms with Crippen LogP contribution in [0.1, 0.15) is 47.5 Å². The Kier molecular flexibility index (Phi) is 11.7. The lowest BCUT2D eigenvalue weighted by Gasteiger charge is -2.25. The van der Waals surface area contributed by atoms with Crippen LogP contribution in [0.2, 0.25) is 0 Å². The van der Waals surface area contributed by atoms with Gasteiger partial charge in [0.2, 0.25) is 5.91 Å². The van der Waals surface area contributed by atoms with Gasteiger partial charge in [-0.05, 0) is 43.7 Å². The van der Waals surface area contributed by atoms with Crippen molar-refractivity contribution in [2.75, 3.05) is 19.8 Å². The number of amides is 2. The van der Waals surface area contributed by atoms with Gasteiger partial charge in [-0.25, -0.2) is 0 Å². The van der Waals surface area contributed by atoms with Gasteiger partial charge in [-0.3, -0.25) is 14.4 Å². The lowest BCUT2D eigenvalue weighted by molar-refractivity contribution is -0.133. The maximum Gasteiger partial charge on any atom is 0.258 e. The van der Waals surface area contributed by atoms with E-state index in [0.717, 1.165) is 0 Å². The molecule has 0 fully saturated rings. The van der Waals surface area contributed by atoms with Gasteiger partial charge in [-0.2, -0.15) is 0 Å². The van der Waals surface area contributed by atoms with Gasteiger partial charge in [0.15, 0.2) is 12.4 Å². The summed E-state index contributed by atoms with van der Waals surface area (Å²) in [4.78, 5) is 37.7. The topological polar surface area (TPSA) is 93.7 Å². The molecule has 0 saturated carbocycles. The minimum absolute atomic E-state index is 0.0414. The number of ether oxygens (including phenoxy) is 2. The van der Waals surface area contributed by atoms with Gasteiger partial charge in [-0.15, -0.1) is 0 Å². The van der Waals surface area contributed by atoms with Crippen LogP contribution in [0.15, 0.2) is 30.3 Å². The molecule has 0 aliphatic rings. The largest absolute Gasteiger partial charge is 0.484 e. The second-order valence-corrected chi connectivity index (χ2v) is 8.15. The molecule has 7 heteroatoms. The first kappa shape index (κ1) is 25.6. The molecular formula is C23H36N2O5. The molecule has 1 aromatic carbocycles. The van der Waals surface area contributed by atoms with Crippen molar-refractivity contribution in [2.24, 2.45) is 11.8 Å². The second-order valence-electron chi connectivity index (χ2n) is 8.15. The number of Topliss-reactive ketones (excluding diaryl/α,β-unsaturated/α-hetero) is 1. The van der Waals surface area contributed by atoms with E-state index in [1.807, 2.05) is 52.8 Å². The fourth-order valence-electron chi connectivity index (χ4n) is 2.92. The minimum atomic E-state index is -0.744. The number of nitrogens with one attached hydrogen (secondary N) is 2. The van der Waals surface area contributed by atoms with Gasteiger partial charge in [0.25, 0.3) is 5.91 Å². The third kappa shape index (κ3) is 10.4. The van der Waals surface area contributed by atoms with Crippen molar-refractivity contribution >= 4 is 17.6 Å². The molecule has 168 valence electrons. The van der Waals surface area contributed by atoms with Gasteiger partial charge in [0.1, 0.15) is 18.4 Å². The number of carbonyl (C=O) groups excluding carboxylic acids is 3. The molecule has 0 aromatic heterocycles. The molecule has 2 N–H and O–H groups in total. The summed E-state index contributed by atoms with van der Waals surface area (Å²) in [5, 5.41) is 5.56. The van der Waals surface area contributed by atoms with Crippen LogP contribution < -0.4 is 15.4 Å². The third-order valence-corrected chi connectivity index (χ3v) is 4.33. The van der Waals surface area contributed by atoms with Crippen LogP contribution in [-0.4, -0.2) is 49.5 Å². The van der Waals surface area contributed by atoms with Crippen molar-refractivity contribution in [1.29, 1.82) is 0 Å². The number of carbonyl (C=O) groups is 3. The summed E-state index contributed by atoms with van der Waals surface area (Å²) in [6, 6.07) is 7.61. The molecule has 1 aromatic rings. The van der Waals surface area contributed by atoms with Crippen LogP contribution in [0.5, 0.6) is 5.75 Å². The van der Waals surface area contributed by atoms with E-state index in [1.54, 1.807) is 12.1 Å². The zero-order valence-electron chi connectivity index (χ0n) is 18.8. The number of rotatable bonds is 14. The van der Waals surface area contributed by atoms with Crippen LogP contribution >= 0.6 is 0 Å². The molecule has 0 spiro atoms. The Labute approximate surface area is 179 Å². The molecule has 0 saturated heterocycles. The van der Waals surface area contributed by atoms with Gasteiger partial charge >= 0.3 is 0 Å². The van der Waals surface area contributed by atoms with E-state index in [-0.39, 0.29) is 42.6 Å². The SMILES string of the molecule is CCOCC(=O)[C@H](CC(C)C)NC(=O)[C@H](CC(C)C)NC(=O)COc1ccccc1. The van der Waals surface area contributed by atoms with E-state index in [0.29, 0.717) is 25.2 Å². The van der Waals surface area contributed by atoms with Crippen molar-refractivity contribution in [3.05, 3.63) is 30.3 Å². The molecule has 1 rings (SSSR count). The highest BCUT2D eigenvalue weighted by molar-refractivity contribution is 5.93. The standard InChI is InChI=1S/C23H36N2O5/c1-6-29-14-21(26)19(12-16(2)3)25-23(28)20(13-17(4)5)24-22(27)15-30-18-10-8-7-9-11-18/h7-11,16-17,19-20H,6,12-15H2,1-5H3,(H,24,27)(H,25,28)/t19-,20-/m0/s1. The van der Waals surface area contributed by atoms with Crippen LogP contribution in [-0.2, 0) is 19.1 Å². The van der Waals surface area contributed by atoms with E-state index >= 15 is 0 Å². The molecule has 30 heavy (non-hydrogen) atoms. The summed E-state index contributed by atoms with van der Waals surface area (Å²) < 4.78 is 10.7. The van der Waals surface area contributed by atoms with Gasteiger partial charge in [0, 0.05) is 6.61 Å². The van der Waals surface area contributed by atoms with E-state index < -0.39 is 12.1 Å². The average Bonchev–Trinajstić information content (AvgIpc) is 2.69. The normalized spacial score (nSPS) is 13.0. The highest BCUT2D eigenvalue weighted by Crippen LogP contribution is 2.11. The Morgan fingerprint density at radius 1 is 0.867 bits per heavy atom. The predicted molar refractivity (Wildman–Crippen MR) is 116 cm³/mol. The Hall–Kier alpha value is -2.41. The zero-order valence-corrected chi connectivity index (χ0v) is 18.8. The van der Waals surface area contributed by atoms with Crippen LogP contribution in [0, 0.1) is 11.8 Å². The molecule has 0 radical (unpaired) electrons. The second kappa shape index (κ2) is 13.7. The minimum Gasteiger partial charge on any atom is -0.484 e. The maximum atomic E-state index is 12.9. The van der Waals surface area contributed by atoms with Crippen molar-refractivity contribution in [2.45, 2.75) is 59.5 Å². The van der Waals surface area contributed by atoms with Gasteiger partial charge < -0.3 is 20.1 Å². The van der Waals surface area contributed by atoms with Crippen LogP contribution in [0.3, 0.4) is 0 Å². The summed E-state index contributed by atoms with van der Waals surface area (Å²) in [5.74, 6) is 0.0574. The zero-order chi connectivity index (χ0) is 22.5. The predicted octanol–water partition coefficient (Wildman–Crippen LogP) is 2.73. The molecule has 0 heterocycles. The number of hydrogen-bond acceptors (Lipinski definition) is 5. The van der Waals surface area contributed by atoms with Crippen molar-refractivity contribution in [3.8, 4) is 5.75 Å². The first-order chi connectivity index (χ1) is 14.2. The Morgan fingerprint density at radius 2 is 1.47 bits per heavy atom. The summed E-state index contributed by atoms with van der Waals surface area (Å²) in [5.41, 5.74) is 0. The lowest BCUT2D eigenvalue weighted by Crippen LogP contribution is -2.53. The molecular weight excluding hydrogens is 384 g/mol. The molecule has 0 unspecified atom stereocenters. The summed E-state index contributed by atoms with van der Waals surface area (Å²) in [6.07, 6.45) is 0.966.